The van der Waals surface area contributed by atoms with Gasteiger partial charge in [0, 0.05) is 12.2 Å². The highest BCUT2D eigenvalue weighted by Crippen LogP contribution is 2.32. The van der Waals surface area contributed by atoms with Crippen LogP contribution in [-0.4, -0.2) is 27.1 Å². The lowest BCUT2D eigenvalue weighted by Gasteiger charge is -2.30. The normalized spacial score (nSPS) is 18.4. The molecule has 0 spiro atoms. The molecule has 2 N–H and O–H groups in total. The number of rotatable bonds is 5. The van der Waals surface area contributed by atoms with Crippen LogP contribution in [0.25, 0.3) is 0 Å². The van der Waals surface area contributed by atoms with Crippen molar-refractivity contribution in [3.8, 4) is 0 Å². The molecule has 1 unspecified atom stereocenters. The van der Waals surface area contributed by atoms with Gasteiger partial charge in [-0.15, -0.1) is 0 Å². The number of carboxylic acid groups (broad SMARTS) is 1. The van der Waals surface area contributed by atoms with Crippen molar-refractivity contribution >= 4 is 11.9 Å². The van der Waals surface area contributed by atoms with Crippen LogP contribution in [0.5, 0.6) is 0 Å². The fraction of sp³-hybridized carbons (Fsp3) is 0.571. The number of nitrogens with one attached hydrogen (secondary N) is 1. The van der Waals surface area contributed by atoms with Crippen LogP contribution in [0, 0.1) is 0 Å². The van der Waals surface area contributed by atoms with Crippen molar-refractivity contribution in [2.45, 2.75) is 51.1 Å². The van der Waals surface area contributed by atoms with E-state index in [9.17, 15) is 14.7 Å². The summed E-state index contributed by atoms with van der Waals surface area (Å²) in [6, 6.07) is 3.96. The number of carboxylic acids is 1. The van der Waals surface area contributed by atoms with Gasteiger partial charge >= 0.3 is 5.97 Å². The Balaban J connectivity index is 2.16. The number of nitrogens with zero attached hydrogens (tertiary/aromatic N) is 1. The first-order valence-electron chi connectivity index (χ1n) is 6.70. The van der Waals surface area contributed by atoms with Crippen molar-refractivity contribution in [1.29, 1.82) is 0 Å². The molecule has 1 heterocycles. The number of aliphatic carboxylic acids is 1. The van der Waals surface area contributed by atoms with Crippen molar-refractivity contribution in [2.24, 2.45) is 0 Å². The van der Waals surface area contributed by atoms with Gasteiger partial charge in [0.25, 0.3) is 5.91 Å². The lowest BCUT2D eigenvalue weighted by Crippen LogP contribution is -2.52. The van der Waals surface area contributed by atoms with Gasteiger partial charge in [-0.2, -0.15) is 0 Å². The first-order valence-corrected chi connectivity index (χ1v) is 6.70. The highest BCUT2D eigenvalue weighted by molar-refractivity contribution is 5.96. The second-order valence-electron chi connectivity index (χ2n) is 5.33. The summed E-state index contributed by atoms with van der Waals surface area (Å²) in [7, 11) is 0. The van der Waals surface area contributed by atoms with E-state index in [1.54, 1.807) is 13.0 Å². The maximum Gasteiger partial charge on any atom is 0.329 e. The summed E-state index contributed by atoms with van der Waals surface area (Å²) in [5, 5.41) is 11.8. The molecule has 19 heavy (non-hydrogen) atoms. The van der Waals surface area contributed by atoms with Crippen LogP contribution < -0.4 is 5.32 Å². The lowest BCUT2D eigenvalue weighted by atomic mass is 9.92. The fourth-order valence-electron chi connectivity index (χ4n) is 2.18. The van der Waals surface area contributed by atoms with Crippen LogP contribution in [0.15, 0.2) is 18.3 Å². The standard InChI is InChI=1S/C14H20N2O3/c1-3-14(2,13(18)19)15-12(17)11-8-5-9-16(11)10-6-4-7-10/h5,8-10H,3-4,6-7H2,1-2H3,(H,15,17)(H,18,19). The Kier molecular flexibility index (Phi) is 3.64. The van der Waals surface area contributed by atoms with E-state index in [2.05, 4.69) is 5.32 Å². The van der Waals surface area contributed by atoms with E-state index in [4.69, 9.17) is 0 Å². The van der Waals surface area contributed by atoms with Gasteiger partial charge in [0.1, 0.15) is 11.2 Å². The highest BCUT2D eigenvalue weighted by atomic mass is 16.4. The Morgan fingerprint density at radius 1 is 1.53 bits per heavy atom. The first-order chi connectivity index (χ1) is 8.98. The van der Waals surface area contributed by atoms with E-state index >= 15 is 0 Å². The monoisotopic (exact) mass is 264 g/mol. The molecule has 5 nitrogen and oxygen atoms in total. The number of aromatic nitrogens is 1. The van der Waals surface area contributed by atoms with Gasteiger partial charge in [0.05, 0.1) is 0 Å². The third kappa shape index (κ3) is 2.50. The van der Waals surface area contributed by atoms with Gasteiger partial charge in [-0.3, -0.25) is 4.79 Å². The molecule has 1 fully saturated rings. The summed E-state index contributed by atoms with van der Waals surface area (Å²) >= 11 is 0. The minimum absolute atomic E-state index is 0.316. The molecule has 0 bridgehead atoms. The summed E-state index contributed by atoms with van der Waals surface area (Å²) in [5.41, 5.74) is -0.670. The first kappa shape index (κ1) is 13.6. The lowest BCUT2D eigenvalue weighted by molar-refractivity contribution is -0.143. The number of hydrogen-bond donors (Lipinski definition) is 2. The Morgan fingerprint density at radius 2 is 2.21 bits per heavy atom. The van der Waals surface area contributed by atoms with Crippen molar-refractivity contribution < 1.29 is 14.7 Å². The van der Waals surface area contributed by atoms with Gasteiger partial charge in [-0.05, 0) is 44.7 Å². The molecular weight excluding hydrogens is 244 g/mol. The van der Waals surface area contributed by atoms with Crippen molar-refractivity contribution in [3.63, 3.8) is 0 Å². The topological polar surface area (TPSA) is 71.3 Å². The van der Waals surface area contributed by atoms with Crippen molar-refractivity contribution in [3.05, 3.63) is 24.0 Å². The molecule has 0 saturated heterocycles. The van der Waals surface area contributed by atoms with Crippen LogP contribution in [0.3, 0.4) is 0 Å². The van der Waals surface area contributed by atoms with E-state index in [1.807, 2.05) is 16.8 Å². The summed E-state index contributed by atoms with van der Waals surface area (Å²) in [6.07, 6.45) is 5.59. The number of carbonyl (C=O) groups excluding carboxylic acids is 1. The molecule has 1 atom stereocenters. The van der Waals surface area contributed by atoms with E-state index in [0.29, 0.717) is 18.2 Å². The Labute approximate surface area is 112 Å². The van der Waals surface area contributed by atoms with Gasteiger partial charge in [0.15, 0.2) is 0 Å². The molecular formula is C14H20N2O3. The summed E-state index contributed by atoms with van der Waals surface area (Å²) in [4.78, 5) is 23.5. The fourth-order valence-corrected chi connectivity index (χ4v) is 2.18. The third-order valence-corrected chi connectivity index (χ3v) is 4.05. The maximum absolute atomic E-state index is 12.3. The Morgan fingerprint density at radius 3 is 2.68 bits per heavy atom. The van der Waals surface area contributed by atoms with Crippen LogP contribution in [0.2, 0.25) is 0 Å². The van der Waals surface area contributed by atoms with Gasteiger partial charge in [0.2, 0.25) is 0 Å². The highest BCUT2D eigenvalue weighted by Gasteiger charge is 2.34. The molecule has 0 radical (unpaired) electrons. The third-order valence-electron chi connectivity index (χ3n) is 4.05. The van der Waals surface area contributed by atoms with Crippen LogP contribution in [0.1, 0.15) is 56.1 Å². The van der Waals surface area contributed by atoms with Crippen molar-refractivity contribution in [1.82, 2.24) is 9.88 Å². The molecule has 1 aliphatic carbocycles. The molecule has 1 amide bonds. The molecule has 1 aromatic rings. The van der Waals surface area contributed by atoms with Crippen molar-refractivity contribution in [2.75, 3.05) is 0 Å². The molecule has 1 aromatic heterocycles. The summed E-state index contributed by atoms with van der Waals surface area (Å²) < 4.78 is 1.96. The number of amides is 1. The quantitative estimate of drug-likeness (QED) is 0.856. The Bertz CT molecular complexity index is 491. The predicted molar refractivity (Wildman–Crippen MR) is 71.1 cm³/mol. The maximum atomic E-state index is 12.3. The Hall–Kier alpha value is -1.78. The van der Waals surface area contributed by atoms with Crippen LogP contribution >= 0.6 is 0 Å². The molecule has 104 valence electrons. The average molecular weight is 264 g/mol. The minimum atomic E-state index is -1.22. The second-order valence-corrected chi connectivity index (χ2v) is 5.33. The SMILES string of the molecule is CCC(C)(NC(=O)c1cccn1C1CCC1)C(=O)O. The van der Waals surface area contributed by atoms with E-state index in [0.717, 1.165) is 12.8 Å². The van der Waals surface area contributed by atoms with Gasteiger partial charge in [-0.1, -0.05) is 6.92 Å². The zero-order valence-corrected chi connectivity index (χ0v) is 11.3. The zero-order chi connectivity index (χ0) is 14.0. The molecule has 0 aromatic carbocycles. The second kappa shape index (κ2) is 5.07. The number of carbonyl (C=O) groups is 2. The summed E-state index contributed by atoms with van der Waals surface area (Å²) in [5.74, 6) is -1.33. The van der Waals surface area contributed by atoms with Gasteiger partial charge in [-0.25, -0.2) is 4.79 Å². The summed E-state index contributed by atoms with van der Waals surface area (Å²) in [6.45, 7) is 3.28. The minimum Gasteiger partial charge on any atom is -0.480 e. The average Bonchev–Trinajstić information content (AvgIpc) is 2.75. The molecule has 0 aliphatic heterocycles. The number of hydrogen-bond acceptors (Lipinski definition) is 2. The van der Waals surface area contributed by atoms with Gasteiger partial charge < -0.3 is 15.0 Å². The van der Waals surface area contributed by atoms with E-state index in [1.165, 1.54) is 13.3 Å². The van der Waals surface area contributed by atoms with E-state index in [-0.39, 0.29) is 5.91 Å². The zero-order valence-electron chi connectivity index (χ0n) is 11.3. The predicted octanol–water partition coefficient (Wildman–Crippen LogP) is 2.20. The van der Waals surface area contributed by atoms with E-state index < -0.39 is 11.5 Å². The molecule has 1 aliphatic rings. The largest absolute Gasteiger partial charge is 0.480 e. The molecule has 1 saturated carbocycles. The van der Waals surface area contributed by atoms with Crippen LogP contribution in [0.4, 0.5) is 0 Å². The molecule has 2 rings (SSSR count). The van der Waals surface area contributed by atoms with Crippen LogP contribution in [-0.2, 0) is 4.79 Å². The smallest absolute Gasteiger partial charge is 0.329 e. The molecule has 5 heteroatoms.